The first-order valence-corrected chi connectivity index (χ1v) is 9.40. The molecule has 0 aliphatic carbocycles. The van der Waals surface area contributed by atoms with Gasteiger partial charge in [0, 0.05) is 36.4 Å². The standard InChI is InChI=1S/C24H21N3O2/c28-24(23-9-5-15-27(23)17-19-6-2-1-3-7-19)26-21-10-12-22(13-11-21)29-18-20-8-4-14-25-16-20/h1-16H,17-18H2,(H,26,28). The van der Waals surface area contributed by atoms with Crippen LogP contribution in [0.1, 0.15) is 21.6 Å². The van der Waals surface area contributed by atoms with Crippen molar-refractivity contribution < 1.29 is 9.53 Å². The number of hydrogen-bond acceptors (Lipinski definition) is 3. The molecule has 5 heteroatoms. The molecule has 0 radical (unpaired) electrons. The molecule has 0 spiro atoms. The van der Waals surface area contributed by atoms with Gasteiger partial charge in [-0.15, -0.1) is 0 Å². The van der Waals surface area contributed by atoms with Crippen LogP contribution in [0.15, 0.2) is 97.5 Å². The Hall–Kier alpha value is -3.86. The predicted octanol–water partition coefficient (Wildman–Crippen LogP) is 4.76. The SMILES string of the molecule is O=C(Nc1ccc(OCc2cccnc2)cc1)c1cccn1Cc1ccccc1. The van der Waals surface area contributed by atoms with Gasteiger partial charge in [0.15, 0.2) is 0 Å². The summed E-state index contributed by atoms with van der Waals surface area (Å²) in [6, 6.07) is 25.0. The van der Waals surface area contributed by atoms with Crippen LogP contribution in [0.4, 0.5) is 5.69 Å². The lowest BCUT2D eigenvalue weighted by Crippen LogP contribution is -2.17. The summed E-state index contributed by atoms with van der Waals surface area (Å²) in [5, 5.41) is 2.95. The molecule has 0 saturated carbocycles. The third-order valence-corrected chi connectivity index (χ3v) is 4.50. The largest absolute Gasteiger partial charge is 0.489 e. The minimum atomic E-state index is -0.144. The summed E-state index contributed by atoms with van der Waals surface area (Å²) in [5.41, 5.74) is 3.49. The topological polar surface area (TPSA) is 56.1 Å². The van der Waals surface area contributed by atoms with E-state index in [-0.39, 0.29) is 5.91 Å². The minimum absolute atomic E-state index is 0.144. The smallest absolute Gasteiger partial charge is 0.272 e. The van der Waals surface area contributed by atoms with Crippen molar-refractivity contribution in [1.29, 1.82) is 0 Å². The molecule has 0 bridgehead atoms. The molecule has 4 rings (SSSR count). The van der Waals surface area contributed by atoms with Crippen molar-refractivity contribution in [3.8, 4) is 5.75 Å². The Kier molecular flexibility index (Phi) is 5.67. The lowest BCUT2D eigenvalue weighted by Gasteiger charge is -2.11. The van der Waals surface area contributed by atoms with E-state index in [1.807, 2.05) is 89.6 Å². The van der Waals surface area contributed by atoms with Gasteiger partial charge in [0.05, 0.1) is 0 Å². The number of nitrogens with one attached hydrogen (secondary N) is 1. The van der Waals surface area contributed by atoms with Crippen LogP contribution in [0.25, 0.3) is 0 Å². The third kappa shape index (κ3) is 4.90. The minimum Gasteiger partial charge on any atom is -0.489 e. The molecule has 29 heavy (non-hydrogen) atoms. The summed E-state index contributed by atoms with van der Waals surface area (Å²) in [6.07, 6.45) is 5.42. The number of amides is 1. The zero-order chi connectivity index (χ0) is 19.9. The van der Waals surface area contributed by atoms with Crippen LogP contribution >= 0.6 is 0 Å². The van der Waals surface area contributed by atoms with Crippen LogP contribution < -0.4 is 10.1 Å². The molecule has 4 aromatic rings. The molecule has 5 nitrogen and oxygen atoms in total. The highest BCUT2D eigenvalue weighted by Gasteiger charge is 2.11. The molecule has 2 aromatic heterocycles. The normalized spacial score (nSPS) is 10.5. The Morgan fingerprint density at radius 1 is 0.897 bits per heavy atom. The number of nitrogens with zero attached hydrogens (tertiary/aromatic N) is 2. The van der Waals surface area contributed by atoms with Crippen molar-refractivity contribution in [2.75, 3.05) is 5.32 Å². The van der Waals surface area contributed by atoms with E-state index < -0.39 is 0 Å². The highest BCUT2D eigenvalue weighted by Crippen LogP contribution is 2.18. The predicted molar refractivity (Wildman–Crippen MR) is 113 cm³/mol. The maximum absolute atomic E-state index is 12.7. The Morgan fingerprint density at radius 2 is 1.69 bits per heavy atom. The van der Waals surface area contributed by atoms with Crippen LogP contribution in [0.3, 0.4) is 0 Å². The molecule has 0 saturated heterocycles. The number of carbonyl (C=O) groups is 1. The average molecular weight is 383 g/mol. The molecular formula is C24H21N3O2. The van der Waals surface area contributed by atoms with Crippen molar-refractivity contribution >= 4 is 11.6 Å². The van der Waals surface area contributed by atoms with Gasteiger partial charge in [-0.1, -0.05) is 36.4 Å². The van der Waals surface area contributed by atoms with E-state index in [9.17, 15) is 4.79 Å². The zero-order valence-electron chi connectivity index (χ0n) is 15.9. The molecule has 0 fully saturated rings. The number of aromatic nitrogens is 2. The van der Waals surface area contributed by atoms with E-state index in [2.05, 4.69) is 10.3 Å². The van der Waals surface area contributed by atoms with Crippen molar-refractivity contribution in [2.45, 2.75) is 13.2 Å². The molecule has 0 aliphatic heterocycles. The molecule has 1 N–H and O–H groups in total. The molecule has 2 heterocycles. The number of rotatable bonds is 7. The monoisotopic (exact) mass is 383 g/mol. The summed E-state index contributed by atoms with van der Waals surface area (Å²) in [6.45, 7) is 1.10. The Labute approximate surface area is 169 Å². The van der Waals surface area contributed by atoms with Crippen molar-refractivity contribution in [3.05, 3.63) is 114 Å². The number of benzene rings is 2. The van der Waals surface area contributed by atoms with E-state index in [1.54, 1.807) is 12.4 Å². The van der Waals surface area contributed by atoms with Crippen LogP contribution in [-0.4, -0.2) is 15.5 Å². The summed E-state index contributed by atoms with van der Waals surface area (Å²) in [5.74, 6) is 0.592. The molecule has 144 valence electrons. The number of pyridine rings is 1. The van der Waals surface area contributed by atoms with E-state index in [1.165, 1.54) is 0 Å². The van der Waals surface area contributed by atoms with Gasteiger partial charge in [0.2, 0.25) is 0 Å². The van der Waals surface area contributed by atoms with Gasteiger partial charge >= 0.3 is 0 Å². The lowest BCUT2D eigenvalue weighted by atomic mass is 10.2. The molecular weight excluding hydrogens is 362 g/mol. The lowest BCUT2D eigenvalue weighted by molar-refractivity contribution is 0.101. The fourth-order valence-electron chi connectivity index (χ4n) is 3.02. The van der Waals surface area contributed by atoms with Crippen LogP contribution in [0.5, 0.6) is 5.75 Å². The van der Waals surface area contributed by atoms with Gasteiger partial charge in [-0.25, -0.2) is 0 Å². The fourth-order valence-corrected chi connectivity index (χ4v) is 3.02. The quantitative estimate of drug-likeness (QED) is 0.500. The van der Waals surface area contributed by atoms with Gasteiger partial charge in [-0.3, -0.25) is 9.78 Å². The molecule has 0 aliphatic rings. The summed E-state index contributed by atoms with van der Waals surface area (Å²) < 4.78 is 7.69. The fraction of sp³-hybridized carbons (Fsp3) is 0.0833. The van der Waals surface area contributed by atoms with Gasteiger partial charge in [-0.05, 0) is 48.0 Å². The second-order valence-electron chi connectivity index (χ2n) is 6.64. The first kappa shape index (κ1) is 18.5. The van der Waals surface area contributed by atoms with Crippen LogP contribution in [0.2, 0.25) is 0 Å². The number of carbonyl (C=O) groups excluding carboxylic acids is 1. The van der Waals surface area contributed by atoms with Gasteiger partial charge in [0.25, 0.3) is 5.91 Å². The van der Waals surface area contributed by atoms with E-state index in [4.69, 9.17) is 4.74 Å². The van der Waals surface area contributed by atoms with Crippen LogP contribution in [0, 0.1) is 0 Å². The third-order valence-electron chi connectivity index (χ3n) is 4.50. The molecule has 0 atom stereocenters. The summed E-state index contributed by atoms with van der Waals surface area (Å²) >= 11 is 0. The maximum Gasteiger partial charge on any atom is 0.272 e. The molecule has 2 aromatic carbocycles. The zero-order valence-corrected chi connectivity index (χ0v) is 15.9. The second kappa shape index (κ2) is 8.89. The first-order chi connectivity index (χ1) is 14.3. The van der Waals surface area contributed by atoms with Crippen molar-refractivity contribution in [3.63, 3.8) is 0 Å². The van der Waals surface area contributed by atoms with Gasteiger partial charge < -0.3 is 14.6 Å². The highest BCUT2D eigenvalue weighted by molar-refractivity contribution is 6.03. The summed E-state index contributed by atoms with van der Waals surface area (Å²) in [7, 11) is 0. The maximum atomic E-state index is 12.7. The van der Waals surface area contributed by atoms with Gasteiger partial charge in [-0.2, -0.15) is 0 Å². The number of hydrogen-bond donors (Lipinski definition) is 1. The second-order valence-corrected chi connectivity index (χ2v) is 6.64. The van der Waals surface area contributed by atoms with Crippen LogP contribution in [-0.2, 0) is 13.2 Å². The van der Waals surface area contributed by atoms with E-state index in [0.29, 0.717) is 18.8 Å². The summed E-state index contributed by atoms with van der Waals surface area (Å²) in [4.78, 5) is 16.8. The number of anilines is 1. The Bertz CT molecular complexity index is 1060. The Morgan fingerprint density at radius 3 is 2.45 bits per heavy atom. The number of ether oxygens (including phenoxy) is 1. The highest BCUT2D eigenvalue weighted by atomic mass is 16.5. The van der Waals surface area contributed by atoms with Crippen molar-refractivity contribution in [2.24, 2.45) is 0 Å². The molecule has 0 unspecified atom stereocenters. The average Bonchev–Trinajstić information content (AvgIpc) is 3.23. The van der Waals surface area contributed by atoms with E-state index >= 15 is 0 Å². The Balaban J connectivity index is 1.37. The molecule has 1 amide bonds. The van der Waals surface area contributed by atoms with E-state index in [0.717, 1.165) is 22.6 Å². The first-order valence-electron chi connectivity index (χ1n) is 9.40. The van der Waals surface area contributed by atoms with Gasteiger partial charge in [0.1, 0.15) is 18.1 Å². The van der Waals surface area contributed by atoms with Crippen molar-refractivity contribution in [1.82, 2.24) is 9.55 Å².